The highest BCUT2D eigenvalue weighted by atomic mass is 19.1. The van der Waals surface area contributed by atoms with Gasteiger partial charge in [0.25, 0.3) is 0 Å². The van der Waals surface area contributed by atoms with Crippen LogP contribution in [0, 0.1) is 23.6 Å². The largest absolute Gasteiger partial charge is 0.493 e. The molecule has 5 heteroatoms. The molecule has 2 fully saturated rings. The van der Waals surface area contributed by atoms with Gasteiger partial charge in [0, 0.05) is 37.2 Å². The Morgan fingerprint density at radius 1 is 1.14 bits per heavy atom. The molecule has 5 rings (SSSR count). The monoisotopic (exact) mass is 380 g/mol. The average molecular weight is 380 g/mol. The third-order valence-electron chi connectivity index (χ3n) is 6.32. The Morgan fingerprint density at radius 3 is 2.71 bits per heavy atom. The Bertz CT molecular complexity index is 865. The molecule has 4 nitrogen and oxygen atoms in total. The van der Waals surface area contributed by atoms with Crippen molar-refractivity contribution in [2.24, 2.45) is 17.8 Å². The number of hydrogen-bond acceptors (Lipinski definition) is 3. The Morgan fingerprint density at radius 2 is 1.93 bits per heavy atom. The van der Waals surface area contributed by atoms with Crippen molar-refractivity contribution < 1.29 is 13.9 Å². The van der Waals surface area contributed by atoms with Crippen molar-refractivity contribution >= 4 is 5.91 Å². The molecule has 146 valence electrons. The lowest BCUT2D eigenvalue weighted by molar-refractivity contribution is -0.126. The first-order valence-corrected chi connectivity index (χ1v) is 10.2. The fourth-order valence-corrected chi connectivity index (χ4v) is 4.69. The highest BCUT2D eigenvalue weighted by molar-refractivity contribution is 5.80. The molecule has 0 unspecified atom stereocenters. The summed E-state index contributed by atoms with van der Waals surface area (Å²) in [5.41, 5.74) is 2.12. The van der Waals surface area contributed by atoms with E-state index in [0.29, 0.717) is 13.2 Å². The lowest BCUT2D eigenvalue weighted by Gasteiger charge is -2.34. The van der Waals surface area contributed by atoms with E-state index in [9.17, 15) is 9.18 Å². The summed E-state index contributed by atoms with van der Waals surface area (Å²) in [7, 11) is 0. The first-order chi connectivity index (χ1) is 13.7. The van der Waals surface area contributed by atoms with E-state index in [4.69, 9.17) is 4.74 Å². The molecule has 1 saturated carbocycles. The van der Waals surface area contributed by atoms with E-state index < -0.39 is 0 Å². The maximum absolute atomic E-state index is 13.1. The first kappa shape index (κ1) is 17.7. The Balaban J connectivity index is 1.33. The number of carbonyl (C=O) groups is 1. The van der Waals surface area contributed by atoms with E-state index in [1.165, 1.54) is 30.5 Å². The fraction of sp³-hybridized carbons (Fsp3) is 0.435. The quantitative estimate of drug-likeness (QED) is 0.863. The maximum Gasteiger partial charge on any atom is 0.225 e. The topological polar surface area (TPSA) is 41.6 Å². The smallest absolute Gasteiger partial charge is 0.225 e. The van der Waals surface area contributed by atoms with E-state index in [1.54, 1.807) is 12.1 Å². The number of nitrogens with zero attached hydrogens (tertiary/aromatic N) is 1. The maximum atomic E-state index is 13.1. The number of rotatable bonds is 5. The summed E-state index contributed by atoms with van der Waals surface area (Å²) in [6.45, 7) is 2.85. The Labute approximate surface area is 164 Å². The predicted molar refractivity (Wildman–Crippen MR) is 104 cm³/mol. The summed E-state index contributed by atoms with van der Waals surface area (Å²) in [5.74, 6) is 1.62. The molecule has 2 heterocycles. The van der Waals surface area contributed by atoms with Crippen molar-refractivity contribution in [3.05, 3.63) is 65.5 Å². The molecule has 3 aliphatic rings. The van der Waals surface area contributed by atoms with Crippen molar-refractivity contribution in [3.8, 4) is 5.75 Å². The molecule has 0 spiro atoms. The standard InChI is InChI=1S/C23H25FN2O2/c24-17-9-7-15(8-10-17)11-25-23(27)19-13-26(12-16-5-6-16)22-18-3-1-2-4-21(18)28-14-20(19)22/h1-4,7-10,16,19-20,22H,5-6,11-14H2,(H,25,27)/t19-,20+,22+/m1/s1. The molecule has 2 aromatic carbocycles. The molecule has 0 aromatic heterocycles. The van der Waals surface area contributed by atoms with Crippen LogP contribution < -0.4 is 10.1 Å². The van der Waals surface area contributed by atoms with Gasteiger partial charge in [0.2, 0.25) is 5.91 Å². The van der Waals surface area contributed by atoms with Crippen LogP contribution in [0.1, 0.15) is 30.0 Å². The molecule has 3 atom stereocenters. The zero-order valence-electron chi connectivity index (χ0n) is 15.8. The summed E-state index contributed by atoms with van der Waals surface area (Å²) >= 11 is 0. The van der Waals surface area contributed by atoms with Crippen LogP contribution in [-0.4, -0.2) is 30.5 Å². The minimum Gasteiger partial charge on any atom is -0.493 e. The summed E-state index contributed by atoms with van der Waals surface area (Å²) in [6, 6.07) is 14.8. The second-order valence-electron chi connectivity index (χ2n) is 8.31. The predicted octanol–water partition coefficient (Wildman–Crippen LogP) is 3.53. The molecule has 1 saturated heterocycles. The van der Waals surface area contributed by atoms with E-state index in [0.717, 1.165) is 30.3 Å². The SMILES string of the molecule is O=C(NCc1ccc(F)cc1)[C@@H]1CN(CC2CC2)[C@H]2c3ccccc3OC[C@@H]12. The van der Waals surface area contributed by atoms with E-state index in [2.05, 4.69) is 22.3 Å². The minimum absolute atomic E-state index is 0.0700. The number of ether oxygens (including phenoxy) is 1. The van der Waals surface area contributed by atoms with Gasteiger partial charge in [0.05, 0.1) is 12.5 Å². The number of likely N-dealkylation sites (tertiary alicyclic amines) is 1. The molecule has 28 heavy (non-hydrogen) atoms. The van der Waals surface area contributed by atoms with Gasteiger partial charge in [-0.3, -0.25) is 9.69 Å². The molecule has 2 aromatic rings. The molecule has 1 aliphatic carbocycles. The van der Waals surface area contributed by atoms with Gasteiger partial charge in [-0.25, -0.2) is 4.39 Å². The van der Waals surface area contributed by atoms with Gasteiger partial charge < -0.3 is 10.1 Å². The molecule has 0 radical (unpaired) electrons. The van der Waals surface area contributed by atoms with Gasteiger partial charge in [-0.2, -0.15) is 0 Å². The first-order valence-electron chi connectivity index (χ1n) is 10.2. The lowest BCUT2D eigenvalue weighted by Crippen LogP contribution is -2.37. The summed E-state index contributed by atoms with van der Waals surface area (Å²) in [5, 5.41) is 3.06. The van der Waals surface area contributed by atoms with Crippen molar-refractivity contribution in [1.82, 2.24) is 10.2 Å². The molecule has 1 N–H and O–H groups in total. The molecule has 0 bridgehead atoms. The van der Waals surface area contributed by atoms with Gasteiger partial charge >= 0.3 is 0 Å². The normalized spacial score (nSPS) is 26.2. The van der Waals surface area contributed by atoms with Crippen LogP contribution in [0.15, 0.2) is 48.5 Å². The summed E-state index contributed by atoms with van der Waals surface area (Å²) in [6.07, 6.45) is 2.60. The number of fused-ring (bicyclic) bond motifs is 3. The van der Waals surface area contributed by atoms with Crippen LogP contribution in [0.4, 0.5) is 4.39 Å². The number of halogens is 1. The number of nitrogens with one attached hydrogen (secondary N) is 1. The molecule has 1 amide bonds. The lowest BCUT2D eigenvalue weighted by atomic mass is 9.85. The highest BCUT2D eigenvalue weighted by Gasteiger charge is 2.49. The zero-order chi connectivity index (χ0) is 19.1. The van der Waals surface area contributed by atoms with Crippen molar-refractivity contribution in [2.45, 2.75) is 25.4 Å². The molecule has 2 aliphatic heterocycles. The van der Waals surface area contributed by atoms with Crippen LogP contribution in [0.2, 0.25) is 0 Å². The molecular formula is C23H25FN2O2. The number of benzene rings is 2. The van der Waals surface area contributed by atoms with Crippen LogP contribution in [0.5, 0.6) is 5.75 Å². The summed E-state index contributed by atoms with van der Waals surface area (Å²) in [4.78, 5) is 15.5. The Kier molecular flexibility index (Phi) is 4.55. The average Bonchev–Trinajstić information content (AvgIpc) is 3.46. The van der Waals surface area contributed by atoms with E-state index >= 15 is 0 Å². The summed E-state index contributed by atoms with van der Waals surface area (Å²) < 4.78 is 19.1. The van der Waals surface area contributed by atoms with Gasteiger partial charge in [-0.1, -0.05) is 30.3 Å². The number of hydrogen-bond donors (Lipinski definition) is 1. The van der Waals surface area contributed by atoms with Crippen LogP contribution in [-0.2, 0) is 11.3 Å². The fourth-order valence-electron chi connectivity index (χ4n) is 4.69. The van der Waals surface area contributed by atoms with E-state index in [-0.39, 0.29) is 29.6 Å². The zero-order valence-corrected chi connectivity index (χ0v) is 15.8. The second kappa shape index (κ2) is 7.21. The van der Waals surface area contributed by atoms with Gasteiger partial charge in [-0.05, 0) is 42.5 Å². The third kappa shape index (κ3) is 3.39. The van der Waals surface area contributed by atoms with Gasteiger partial charge in [0.1, 0.15) is 11.6 Å². The Hall–Kier alpha value is -2.40. The molecular weight excluding hydrogens is 355 g/mol. The highest BCUT2D eigenvalue weighted by Crippen LogP contribution is 2.48. The number of para-hydroxylation sites is 1. The second-order valence-corrected chi connectivity index (χ2v) is 8.31. The number of amides is 1. The van der Waals surface area contributed by atoms with E-state index in [1.807, 2.05) is 12.1 Å². The van der Waals surface area contributed by atoms with Crippen LogP contribution >= 0.6 is 0 Å². The van der Waals surface area contributed by atoms with Crippen LogP contribution in [0.25, 0.3) is 0 Å². The van der Waals surface area contributed by atoms with Crippen molar-refractivity contribution in [1.29, 1.82) is 0 Å². The number of carbonyl (C=O) groups excluding carboxylic acids is 1. The van der Waals surface area contributed by atoms with Crippen LogP contribution in [0.3, 0.4) is 0 Å². The minimum atomic E-state index is -0.262. The third-order valence-corrected chi connectivity index (χ3v) is 6.32. The van der Waals surface area contributed by atoms with Crippen molar-refractivity contribution in [3.63, 3.8) is 0 Å². The van der Waals surface area contributed by atoms with Gasteiger partial charge in [-0.15, -0.1) is 0 Å². The van der Waals surface area contributed by atoms with Crippen molar-refractivity contribution in [2.75, 3.05) is 19.7 Å². The van der Waals surface area contributed by atoms with Gasteiger partial charge in [0.15, 0.2) is 0 Å².